The van der Waals surface area contributed by atoms with Gasteiger partial charge in [-0.05, 0) is 139 Å². The lowest BCUT2D eigenvalue weighted by Gasteiger charge is -2.62. The molecule has 2 amide bonds. The van der Waals surface area contributed by atoms with Crippen LogP contribution in [-0.2, 0) is 19.2 Å². The molecule has 6 unspecified atom stereocenters. The Hall–Kier alpha value is -1.37. The lowest BCUT2D eigenvalue weighted by atomic mass is 9.45. The molecule has 7 rings (SSSR count). The third-order valence-electron chi connectivity index (χ3n) is 15.8. The highest BCUT2D eigenvalue weighted by molar-refractivity contribution is 5.83. The van der Waals surface area contributed by atoms with Gasteiger partial charge < -0.3 is 30.5 Å². The van der Waals surface area contributed by atoms with Crippen molar-refractivity contribution in [2.45, 2.75) is 154 Å². The van der Waals surface area contributed by atoms with E-state index in [4.69, 9.17) is 9.57 Å². The second kappa shape index (κ2) is 17.4. The van der Waals surface area contributed by atoms with Gasteiger partial charge in [-0.3, -0.25) is 14.4 Å². The summed E-state index contributed by atoms with van der Waals surface area (Å²) in [6.07, 6.45) is 9.72. The third-order valence-corrected chi connectivity index (χ3v) is 15.8. The summed E-state index contributed by atoms with van der Waals surface area (Å²) in [6.45, 7) is 9.55. The molecule has 1 heterocycles. The number of fused-ring (bicyclic) bond motifs is 2. The number of carbonyl (C=O) groups excluding carboxylic acids is 2. The summed E-state index contributed by atoms with van der Waals surface area (Å²) >= 11 is 0. The van der Waals surface area contributed by atoms with E-state index in [1.165, 1.54) is 6.42 Å². The SMILES string of the molecule is COC1C(CN2O[C@@H](CO)[C@@H]([C@H](C)O)[C@H]2C(=O)N[C@H]2C[C@H]3C[C@@H]([C@@H]2C)C3(C)C)CCCC1C1CC(C(=O)NCCC2CCC(F)CC2)CC(N(C)C)C1. The normalized spacial score (nSPS) is 43.6. The first-order chi connectivity index (χ1) is 25.2. The maximum atomic E-state index is 14.3. The summed E-state index contributed by atoms with van der Waals surface area (Å²) < 4.78 is 20.0. The molecule has 2 bridgehead atoms. The van der Waals surface area contributed by atoms with Crippen molar-refractivity contribution in [1.29, 1.82) is 0 Å². The molecule has 11 heteroatoms. The van der Waals surface area contributed by atoms with Gasteiger partial charge in [0.15, 0.2) is 0 Å². The first-order valence-electron chi connectivity index (χ1n) is 21.4. The first kappa shape index (κ1) is 41.3. The number of aliphatic hydroxyl groups is 2. The Balaban J connectivity index is 1.12. The zero-order valence-electron chi connectivity index (χ0n) is 33.9. The molecule has 7 aliphatic rings. The molecular formula is C42H73FN4O6. The van der Waals surface area contributed by atoms with Gasteiger partial charge in [-0.1, -0.05) is 27.2 Å². The Morgan fingerprint density at radius 3 is 2.40 bits per heavy atom. The zero-order chi connectivity index (χ0) is 38.2. The maximum Gasteiger partial charge on any atom is 0.240 e. The van der Waals surface area contributed by atoms with Crippen LogP contribution < -0.4 is 10.6 Å². The number of rotatable bonds is 13. The van der Waals surface area contributed by atoms with Crippen molar-refractivity contribution in [2.75, 3.05) is 40.9 Å². The van der Waals surface area contributed by atoms with Crippen molar-refractivity contribution in [3.63, 3.8) is 0 Å². The van der Waals surface area contributed by atoms with Crippen molar-refractivity contribution in [1.82, 2.24) is 20.6 Å². The number of ether oxygens (including phenoxy) is 1. The summed E-state index contributed by atoms with van der Waals surface area (Å²) in [7, 11) is 6.03. The van der Waals surface area contributed by atoms with Crippen LogP contribution in [-0.4, -0.2) is 116 Å². The van der Waals surface area contributed by atoms with E-state index in [-0.39, 0.29) is 48.3 Å². The van der Waals surface area contributed by atoms with Crippen LogP contribution in [0.25, 0.3) is 0 Å². The van der Waals surface area contributed by atoms with E-state index < -0.39 is 30.3 Å². The van der Waals surface area contributed by atoms with E-state index in [9.17, 15) is 24.2 Å². The van der Waals surface area contributed by atoms with Crippen LogP contribution in [0.1, 0.15) is 111 Å². The fourth-order valence-electron chi connectivity index (χ4n) is 12.4. The average molecular weight is 749 g/mol. The lowest BCUT2D eigenvalue weighted by Crippen LogP contribution is -2.62. The molecule has 10 nitrogen and oxygen atoms in total. The number of hydrogen-bond donors (Lipinski definition) is 4. The van der Waals surface area contributed by atoms with E-state index in [0.717, 1.165) is 64.2 Å². The Bertz CT molecular complexity index is 1230. The van der Waals surface area contributed by atoms with Crippen molar-refractivity contribution >= 4 is 11.8 Å². The molecule has 6 saturated carbocycles. The van der Waals surface area contributed by atoms with Gasteiger partial charge in [0.05, 0.1) is 18.8 Å². The van der Waals surface area contributed by atoms with Crippen LogP contribution in [0.3, 0.4) is 0 Å². The van der Waals surface area contributed by atoms with Crippen LogP contribution in [0, 0.1) is 58.7 Å². The van der Waals surface area contributed by atoms with E-state index in [0.29, 0.717) is 67.0 Å². The van der Waals surface area contributed by atoms with Crippen LogP contribution in [0.5, 0.6) is 0 Å². The molecule has 14 atom stereocenters. The molecule has 7 fully saturated rings. The van der Waals surface area contributed by atoms with Gasteiger partial charge in [-0.25, -0.2) is 4.39 Å². The van der Waals surface area contributed by atoms with Crippen LogP contribution in [0.4, 0.5) is 4.39 Å². The Labute approximate surface area is 319 Å². The summed E-state index contributed by atoms with van der Waals surface area (Å²) in [5.74, 6) is 2.16. The number of hydrogen-bond acceptors (Lipinski definition) is 8. The molecule has 0 radical (unpaired) electrons. The first-order valence-corrected chi connectivity index (χ1v) is 21.4. The zero-order valence-corrected chi connectivity index (χ0v) is 33.9. The molecule has 1 aliphatic heterocycles. The number of aliphatic hydroxyl groups excluding tert-OH is 2. The van der Waals surface area contributed by atoms with Crippen molar-refractivity contribution in [3.05, 3.63) is 0 Å². The number of carbonyl (C=O) groups is 2. The van der Waals surface area contributed by atoms with Gasteiger partial charge in [0.25, 0.3) is 0 Å². The van der Waals surface area contributed by atoms with Crippen LogP contribution in [0.2, 0.25) is 0 Å². The quantitative estimate of drug-likeness (QED) is 0.209. The number of nitrogens with zero attached hydrogens (tertiary/aromatic N) is 2. The number of hydroxylamine groups is 2. The van der Waals surface area contributed by atoms with Gasteiger partial charge in [0, 0.05) is 50.0 Å². The Morgan fingerprint density at radius 1 is 1.04 bits per heavy atom. The van der Waals surface area contributed by atoms with Gasteiger partial charge in [0.2, 0.25) is 11.8 Å². The number of alkyl halides is 1. The summed E-state index contributed by atoms with van der Waals surface area (Å²) in [6, 6.07) is -0.322. The van der Waals surface area contributed by atoms with E-state index in [2.05, 4.69) is 50.4 Å². The van der Waals surface area contributed by atoms with Gasteiger partial charge in [0.1, 0.15) is 18.3 Å². The number of methoxy groups -OCH3 is 1. The summed E-state index contributed by atoms with van der Waals surface area (Å²) in [5, 5.41) is 29.8. The highest BCUT2D eigenvalue weighted by atomic mass is 19.1. The predicted molar refractivity (Wildman–Crippen MR) is 203 cm³/mol. The standard InChI is InChI=1S/C42H73FN4O6/c1-24-34-20-30(42(34,3)4)21-35(24)45-41(51)38-37(25(2)49)36(23-48)53-47(38)22-27-9-8-10-33(39(27)52-7)28-17-29(19-32(18-28)46(5)6)40(50)44-16-15-26-11-13-31(43)14-12-26/h24-39,48-49H,8-23H2,1-7H3,(H,44,50)(H,45,51)/t24-,25-,26?,27?,28?,29?,30+,31?,32?,33?,34-,35-,36-,37+,38-,39?/m0/s1. The smallest absolute Gasteiger partial charge is 0.240 e. The van der Waals surface area contributed by atoms with Crippen molar-refractivity contribution < 1.29 is 33.8 Å². The van der Waals surface area contributed by atoms with Crippen molar-refractivity contribution in [3.8, 4) is 0 Å². The van der Waals surface area contributed by atoms with Crippen molar-refractivity contribution in [2.24, 2.45) is 58.7 Å². The minimum atomic E-state index is -0.834. The lowest BCUT2D eigenvalue weighted by molar-refractivity contribution is -0.193. The average Bonchev–Trinajstić information content (AvgIpc) is 3.51. The van der Waals surface area contributed by atoms with Crippen LogP contribution >= 0.6 is 0 Å². The molecule has 0 aromatic rings. The summed E-state index contributed by atoms with van der Waals surface area (Å²) in [4.78, 5) is 36.6. The fourth-order valence-corrected chi connectivity index (χ4v) is 12.4. The minimum absolute atomic E-state index is 0.0634. The molecule has 1 saturated heterocycles. The third kappa shape index (κ3) is 8.80. The molecule has 0 aromatic heterocycles. The molecule has 304 valence electrons. The monoisotopic (exact) mass is 749 g/mol. The molecule has 0 spiro atoms. The van der Waals surface area contributed by atoms with E-state index >= 15 is 0 Å². The number of amides is 2. The highest BCUT2D eigenvalue weighted by Gasteiger charge is 2.58. The molecular weight excluding hydrogens is 675 g/mol. The van der Waals surface area contributed by atoms with Crippen LogP contribution in [0.15, 0.2) is 0 Å². The van der Waals surface area contributed by atoms with E-state index in [1.54, 1.807) is 19.1 Å². The largest absolute Gasteiger partial charge is 0.394 e. The predicted octanol–water partition coefficient (Wildman–Crippen LogP) is 4.96. The second-order valence-corrected chi connectivity index (χ2v) is 19.3. The van der Waals surface area contributed by atoms with Gasteiger partial charge in [-0.2, -0.15) is 5.06 Å². The number of nitrogens with one attached hydrogen (secondary N) is 2. The summed E-state index contributed by atoms with van der Waals surface area (Å²) in [5.41, 5.74) is 0.311. The molecule has 6 aliphatic carbocycles. The maximum absolute atomic E-state index is 14.3. The molecule has 0 aromatic carbocycles. The Kier molecular flexibility index (Phi) is 13.6. The Morgan fingerprint density at radius 2 is 1.77 bits per heavy atom. The second-order valence-electron chi connectivity index (χ2n) is 19.3. The fraction of sp³-hybridized carbons (Fsp3) is 0.952. The minimum Gasteiger partial charge on any atom is -0.394 e. The topological polar surface area (TPSA) is 124 Å². The number of halogens is 1. The molecule has 4 N–H and O–H groups in total. The van der Waals surface area contributed by atoms with Gasteiger partial charge >= 0.3 is 0 Å². The van der Waals surface area contributed by atoms with Gasteiger partial charge in [-0.15, -0.1) is 0 Å². The molecule has 53 heavy (non-hydrogen) atoms. The highest BCUT2D eigenvalue weighted by Crippen LogP contribution is 2.61. The van der Waals surface area contributed by atoms with E-state index in [1.807, 2.05) is 0 Å².